The van der Waals surface area contributed by atoms with Crippen LogP contribution in [0.1, 0.15) is 5.56 Å². The summed E-state index contributed by atoms with van der Waals surface area (Å²) in [5.41, 5.74) is 6.86. The fraction of sp³-hybridized carbons (Fsp3) is 0.143. The molecular formula is C7H7BrFN. The normalized spacial score (nSPS) is 9.90. The van der Waals surface area contributed by atoms with Crippen molar-refractivity contribution in [3.05, 3.63) is 28.0 Å². The molecule has 0 atom stereocenters. The predicted octanol–water partition coefficient (Wildman–Crippen LogP) is 2.48. The maximum atomic E-state index is 12.7. The van der Waals surface area contributed by atoms with E-state index in [9.17, 15) is 4.39 Å². The van der Waals surface area contributed by atoms with Gasteiger partial charge in [-0.25, -0.2) is 4.39 Å². The van der Waals surface area contributed by atoms with Crippen LogP contribution in [0.25, 0.3) is 0 Å². The summed E-state index contributed by atoms with van der Waals surface area (Å²) in [6, 6.07) is 2.96. The summed E-state index contributed by atoms with van der Waals surface area (Å²) in [5, 5.41) is 0. The molecule has 2 N–H and O–H groups in total. The van der Waals surface area contributed by atoms with E-state index in [1.807, 2.05) is 0 Å². The number of nitrogen functional groups attached to an aromatic ring is 1. The van der Waals surface area contributed by atoms with Crippen LogP contribution in [0, 0.1) is 12.7 Å². The summed E-state index contributed by atoms with van der Waals surface area (Å²) >= 11 is 3.03. The highest BCUT2D eigenvalue weighted by Gasteiger charge is 2.00. The number of halogens is 2. The van der Waals surface area contributed by atoms with Gasteiger partial charge in [-0.1, -0.05) is 0 Å². The van der Waals surface area contributed by atoms with Crippen LogP contribution in [0.15, 0.2) is 16.6 Å². The Morgan fingerprint density at radius 1 is 1.50 bits per heavy atom. The third kappa shape index (κ3) is 1.29. The van der Waals surface area contributed by atoms with E-state index in [1.165, 1.54) is 6.07 Å². The molecule has 10 heavy (non-hydrogen) atoms. The van der Waals surface area contributed by atoms with Gasteiger partial charge in [-0.3, -0.25) is 0 Å². The lowest BCUT2D eigenvalue weighted by atomic mass is 10.2. The largest absolute Gasteiger partial charge is 0.398 e. The molecule has 1 rings (SSSR count). The minimum atomic E-state index is -0.272. The summed E-state index contributed by atoms with van der Waals surface area (Å²) in [6.45, 7) is 1.77. The van der Waals surface area contributed by atoms with Crippen molar-refractivity contribution in [3.63, 3.8) is 0 Å². The van der Waals surface area contributed by atoms with Gasteiger partial charge in [-0.15, -0.1) is 0 Å². The molecule has 0 spiro atoms. The van der Waals surface area contributed by atoms with Gasteiger partial charge in [0.1, 0.15) is 5.82 Å². The van der Waals surface area contributed by atoms with Crippen LogP contribution >= 0.6 is 15.9 Å². The van der Waals surface area contributed by atoms with Crippen LogP contribution in [0.5, 0.6) is 0 Å². The standard InChI is InChI=1S/C7H7BrFN/c1-4-2-6(9)5(8)3-7(4)10/h2-3H,10H2,1H3. The molecule has 0 bridgehead atoms. The average Bonchev–Trinajstić information content (AvgIpc) is 1.84. The first kappa shape index (κ1) is 7.54. The third-order valence-corrected chi connectivity index (χ3v) is 1.92. The molecule has 0 aliphatic rings. The number of benzene rings is 1. The van der Waals surface area contributed by atoms with Crippen LogP contribution in [0.2, 0.25) is 0 Å². The Bertz CT molecular complexity index is 210. The molecule has 1 aromatic rings. The molecule has 0 fully saturated rings. The number of aryl methyl sites for hydroxylation is 1. The van der Waals surface area contributed by atoms with E-state index in [1.54, 1.807) is 13.0 Å². The quantitative estimate of drug-likeness (QED) is 0.645. The predicted molar refractivity (Wildman–Crippen MR) is 43.2 cm³/mol. The van der Waals surface area contributed by atoms with Crippen LogP contribution < -0.4 is 5.73 Å². The lowest BCUT2D eigenvalue weighted by molar-refractivity contribution is 0.620. The number of rotatable bonds is 0. The minimum absolute atomic E-state index is 0.272. The summed E-state index contributed by atoms with van der Waals surface area (Å²) in [4.78, 5) is 0. The van der Waals surface area contributed by atoms with E-state index in [4.69, 9.17) is 5.73 Å². The molecule has 0 saturated heterocycles. The van der Waals surface area contributed by atoms with Crippen LogP contribution in [-0.4, -0.2) is 0 Å². The first-order valence-corrected chi connectivity index (χ1v) is 3.61. The molecule has 0 aliphatic heterocycles. The monoisotopic (exact) mass is 203 g/mol. The number of nitrogens with two attached hydrogens (primary N) is 1. The SMILES string of the molecule is Cc1cc(F)c(Br)cc1N. The van der Waals surface area contributed by atoms with Crippen molar-refractivity contribution in [2.45, 2.75) is 6.92 Å². The zero-order valence-electron chi connectivity index (χ0n) is 5.49. The minimum Gasteiger partial charge on any atom is -0.398 e. The Kier molecular flexibility index (Phi) is 1.94. The van der Waals surface area contributed by atoms with E-state index in [0.29, 0.717) is 10.2 Å². The van der Waals surface area contributed by atoms with Crippen molar-refractivity contribution in [2.75, 3.05) is 5.73 Å². The van der Waals surface area contributed by atoms with Gasteiger partial charge in [-0.2, -0.15) is 0 Å². The van der Waals surface area contributed by atoms with Crippen molar-refractivity contribution in [1.29, 1.82) is 0 Å². The van der Waals surface area contributed by atoms with Gasteiger partial charge in [0.25, 0.3) is 0 Å². The molecule has 0 saturated carbocycles. The Labute approximate surface area is 67.2 Å². The molecule has 1 aromatic carbocycles. The second-order valence-electron chi connectivity index (χ2n) is 2.12. The maximum Gasteiger partial charge on any atom is 0.137 e. The molecule has 0 aromatic heterocycles. The third-order valence-electron chi connectivity index (χ3n) is 1.31. The van der Waals surface area contributed by atoms with Crippen molar-refractivity contribution in [3.8, 4) is 0 Å². The number of anilines is 1. The molecule has 0 aliphatic carbocycles. The summed E-state index contributed by atoms with van der Waals surface area (Å²) < 4.78 is 13.1. The van der Waals surface area contributed by atoms with E-state index < -0.39 is 0 Å². The Morgan fingerprint density at radius 2 is 2.10 bits per heavy atom. The van der Waals surface area contributed by atoms with Gasteiger partial charge in [0, 0.05) is 5.69 Å². The second kappa shape index (κ2) is 2.58. The zero-order chi connectivity index (χ0) is 7.72. The molecular weight excluding hydrogens is 197 g/mol. The first-order valence-electron chi connectivity index (χ1n) is 2.82. The molecule has 0 radical (unpaired) electrons. The highest BCUT2D eigenvalue weighted by atomic mass is 79.9. The van der Waals surface area contributed by atoms with Crippen molar-refractivity contribution < 1.29 is 4.39 Å². The van der Waals surface area contributed by atoms with Gasteiger partial charge in [-0.05, 0) is 40.5 Å². The van der Waals surface area contributed by atoms with Gasteiger partial charge < -0.3 is 5.73 Å². The Hall–Kier alpha value is -0.570. The highest BCUT2D eigenvalue weighted by molar-refractivity contribution is 9.10. The van der Waals surface area contributed by atoms with Crippen LogP contribution in [-0.2, 0) is 0 Å². The van der Waals surface area contributed by atoms with Crippen LogP contribution in [0.4, 0.5) is 10.1 Å². The fourth-order valence-corrected chi connectivity index (χ4v) is 1.02. The van der Waals surface area contributed by atoms with Gasteiger partial charge in [0.2, 0.25) is 0 Å². The maximum absolute atomic E-state index is 12.7. The van der Waals surface area contributed by atoms with Crippen molar-refractivity contribution in [1.82, 2.24) is 0 Å². The van der Waals surface area contributed by atoms with Crippen LogP contribution in [0.3, 0.4) is 0 Å². The topological polar surface area (TPSA) is 26.0 Å². The highest BCUT2D eigenvalue weighted by Crippen LogP contribution is 2.21. The van der Waals surface area contributed by atoms with Gasteiger partial charge in [0.05, 0.1) is 4.47 Å². The van der Waals surface area contributed by atoms with Gasteiger partial charge in [0.15, 0.2) is 0 Å². The van der Waals surface area contributed by atoms with E-state index >= 15 is 0 Å². The van der Waals surface area contributed by atoms with Gasteiger partial charge >= 0.3 is 0 Å². The number of hydrogen-bond donors (Lipinski definition) is 1. The lowest BCUT2D eigenvalue weighted by Crippen LogP contribution is -1.90. The Morgan fingerprint density at radius 3 is 2.60 bits per heavy atom. The second-order valence-corrected chi connectivity index (χ2v) is 2.98. The molecule has 0 unspecified atom stereocenters. The van der Waals surface area contributed by atoms with E-state index in [-0.39, 0.29) is 5.82 Å². The summed E-state index contributed by atoms with van der Waals surface area (Å²) in [7, 11) is 0. The van der Waals surface area contributed by atoms with Crippen molar-refractivity contribution in [2.24, 2.45) is 0 Å². The molecule has 54 valence electrons. The summed E-state index contributed by atoms with van der Waals surface area (Å²) in [6.07, 6.45) is 0. The number of hydrogen-bond acceptors (Lipinski definition) is 1. The molecule has 3 heteroatoms. The first-order chi connectivity index (χ1) is 4.61. The molecule has 0 amide bonds. The summed E-state index contributed by atoms with van der Waals surface area (Å²) in [5.74, 6) is -0.272. The van der Waals surface area contributed by atoms with E-state index in [0.717, 1.165) is 5.56 Å². The zero-order valence-corrected chi connectivity index (χ0v) is 7.07. The molecule has 1 nitrogen and oxygen atoms in total. The lowest BCUT2D eigenvalue weighted by Gasteiger charge is -2.00. The smallest absolute Gasteiger partial charge is 0.137 e. The fourth-order valence-electron chi connectivity index (χ4n) is 0.662. The average molecular weight is 204 g/mol. The Balaban J connectivity index is 3.28. The molecule has 0 heterocycles. The van der Waals surface area contributed by atoms with Crippen molar-refractivity contribution >= 4 is 21.6 Å². The van der Waals surface area contributed by atoms with E-state index in [2.05, 4.69) is 15.9 Å².